The molecule has 18 nitrogen and oxygen atoms in total. The van der Waals surface area contributed by atoms with Crippen molar-refractivity contribution in [2.24, 2.45) is 0 Å². The number of amides is 2. The lowest BCUT2D eigenvalue weighted by Gasteiger charge is -2.22. The van der Waals surface area contributed by atoms with Crippen molar-refractivity contribution in [1.29, 1.82) is 0 Å². The molecule has 1 fully saturated rings. The average molecular weight is 487 g/mol. The molecule has 3 unspecified atom stereocenters. The van der Waals surface area contributed by atoms with Crippen molar-refractivity contribution >= 4 is 54.1 Å². The van der Waals surface area contributed by atoms with Crippen molar-refractivity contribution in [2.45, 2.75) is 21.5 Å². The Labute approximate surface area is 159 Å². The zero-order chi connectivity index (χ0) is 23.3. The van der Waals surface area contributed by atoms with E-state index in [2.05, 4.69) is 4.84 Å². The van der Waals surface area contributed by atoms with Gasteiger partial charge in [0.25, 0.3) is 36.3 Å². The lowest BCUT2D eigenvalue weighted by molar-refractivity contribution is -0.207. The van der Waals surface area contributed by atoms with Crippen LogP contribution in [0.2, 0.25) is 0 Å². The Balaban J connectivity index is 3.70. The maximum absolute atomic E-state index is 12.2. The van der Waals surface area contributed by atoms with Gasteiger partial charge in [0, 0.05) is 0 Å². The highest BCUT2D eigenvalue weighted by Crippen LogP contribution is 2.40. The van der Waals surface area contributed by atoms with Crippen LogP contribution in [0.1, 0.15) is 0 Å². The fraction of sp³-hybridized carbons (Fsp3) is 0.500. The van der Waals surface area contributed by atoms with Crippen LogP contribution in [0.25, 0.3) is 0 Å². The zero-order valence-electron chi connectivity index (χ0n) is 13.1. The molecule has 3 atom stereocenters. The third kappa shape index (κ3) is 3.80. The zero-order valence-corrected chi connectivity index (χ0v) is 15.5. The Morgan fingerprint density at radius 1 is 0.931 bits per heavy atom. The number of imide groups is 1. The number of aliphatic hydroxyl groups is 2. The number of nitrogens with zero attached hydrogens (tertiary/aromatic N) is 1. The van der Waals surface area contributed by atoms with Gasteiger partial charge in [-0.15, -0.1) is 0 Å². The van der Waals surface area contributed by atoms with Crippen LogP contribution in [-0.2, 0) is 54.4 Å². The molecule has 0 saturated carbocycles. The van der Waals surface area contributed by atoms with Crippen LogP contribution in [0.15, 0.2) is 0 Å². The van der Waals surface area contributed by atoms with E-state index in [4.69, 9.17) is 23.9 Å². The molecule has 0 bridgehead atoms. The molecule has 0 aromatic carbocycles. The Morgan fingerprint density at radius 3 is 1.62 bits per heavy atom. The highest BCUT2D eigenvalue weighted by Gasteiger charge is 2.80. The summed E-state index contributed by atoms with van der Waals surface area (Å²) in [6.45, 7) is 0. The molecule has 21 heteroatoms. The molecule has 0 spiro atoms. The minimum Gasteiger partial charge on any atom is -0.479 e. The van der Waals surface area contributed by atoms with Crippen molar-refractivity contribution in [2.75, 3.05) is 0 Å². The van der Waals surface area contributed by atoms with Gasteiger partial charge in [-0.1, -0.05) is 5.06 Å². The molecule has 29 heavy (non-hydrogen) atoms. The molecule has 1 aliphatic rings. The molecule has 1 saturated heterocycles. The van der Waals surface area contributed by atoms with Gasteiger partial charge in [0.2, 0.25) is 5.25 Å². The summed E-state index contributed by atoms with van der Waals surface area (Å²) in [4.78, 5) is 49.9. The largest absolute Gasteiger partial charge is 0.479 e. The van der Waals surface area contributed by atoms with Gasteiger partial charge in [-0.2, -0.15) is 25.3 Å². The van der Waals surface area contributed by atoms with Crippen molar-refractivity contribution < 1.29 is 78.2 Å². The van der Waals surface area contributed by atoms with E-state index >= 15 is 0 Å². The van der Waals surface area contributed by atoms with Crippen LogP contribution in [0, 0.1) is 0 Å². The number of aliphatic hydroxyl groups excluding tert-OH is 2. The van der Waals surface area contributed by atoms with Crippen LogP contribution >= 0.6 is 0 Å². The number of aliphatic carboxylic acids is 1. The van der Waals surface area contributed by atoms with Gasteiger partial charge in [-0.25, -0.2) is 9.59 Å². The van der Waals surface area contributed by atoms with Crippen LogP contribution in [0.4, 0.5) is 0 Å². The molecule has 1 aliphatic heterocycles. The van der Waals surface area contributed by atoms with E-state index in [-0.39, 0.29) is 0 Å². The third-order valence-corrected chi connectivity index (χ3v) is 8.36. The topological polar surface area (TPSA) is 305 Å². The summed E-state index contributed by atoms with van der Waals surface area (Å²) in [7, 11) is -19.5. The van der Waals surface area contributed by atoms with Gasteiger partial charge in [-0.3, -0.25) is 23.2 Å². The fourth-order valence-electron chi connectivity index (χ4n) is 2.06. The Kier molecular flexibility index (Phi) is 6.15. The van der Waals surface area contributed by atoms with Gasteiger partial charge in [0.1, 0.15) is 0 Å². The SMILES string of the molecule is O=C(O)C(O)C(O)C(=O)ON1C(=O)C(S(=O)(=O)O)C(S(=O)(=O)O)(S(=O)(=O)O)C1=O. The molecule has 0 radical (unpaired) electrons. The molecule has 0 aromatic heterocycles. The second kappa shape index (κ2) is 7.21. The molecule has 0 aromatic rings. The smallest absolute Gasteiger partial charge is 0.364 e. The molecule has 2 amide bonds. The average Bonchev–Trinajstić information content (AvgIpc) is 2.74. The van der Waals surface area contributed by atoms with Crippen molar-refractivity contribution in [3.8, 4) is 0 Å². The normalized spacial score (nSPS) is 22.2. The van der Waals surface area contributed by atoms with E-state index < -0.39 is 80.7 Å². The highest BCUT2D eigenvalue weighted by atomic mass is 32.3. The number of carbonyl (C=O) groups excluding carboxylic acids is 3. The summed E-state index contributed by atoms with van der Waals surface area (Å²) < 4.78 is 90.9. The van der Waals surface area contributed by atoms with E-state index in [9.17, 15) is 49.5 Å². The first-order valence-corrected chi connectivity index (χ1v) is 10.7. The van der Waals surface area contributed by atoms with Crippen molar-refractivity contribution in [3.63, 3.8) is 0 Å². The number of hydroxylamine groups is 2. The number of hydrogen-bond donors (Lipinski definition) is 6. The minimum absolute atomic E-state index is 1.29. The molecule has 166 valence electrons. The van der Waals surface area contributed by atoms with Crippen molar-refractivity contribution in [1.82, 2.24) is 5.06 Å². The van der Waals surface area contributed by atoms with E-state index in [1.165, 1.54) is 0 Å². The van der Waals surface area contributed by atoms with Crippen molar-refractivity contribution in [3.05, 3.63) is 0 Å². The predicted molar refractivity (Wildman–Crippen MR) is 78.8 cm³/mol. The second-order valence-corrected chi connectivity index (χ2v) is 10.0. The number of carbonyl (C=O) groups is 4. The van der Waals surface area contributed by atoms with Gasteiger partial charge < -0.3 is 20.2 Å². The summed E-state index contributed by atoms with van der Waals surface area (Å²) in [6, 6.07) is 0. The van der Waals surface area contributed by atoms with Gasteiger partial charge in [-0.05, 0) is 0 Å². The quantitative estimate of drug-likeness (QED) is 0.144. The first kappa shape index (κ1) is 24.8. The first-order chi connectivity index (χ1) is 12.7. The monoisotopic (exact) mass is 487 g/mol. The second-order valence-electron chi connectivity index (χ2n) is 5.09. The maximum Gasteiger partial charge on any atom is 0.364 e. The summed E-state index contributed by atoms with van der Waals surface area (Å²) in [5.41, 5.74) is 0. The van der Waals surface area contributed by atoms with E-state index in [1.54, 1.807) is 0 Å². The third-order valence-electron chi connectivity index (χ3n) is 3.29. The number of carboxylic acid groups (broad SMARTS) is 1. The summed E-state index contributed by atoms with van der Waals surface area (Å²) >= 11 is 0. The molecule has 1 heterocycles. The van der Waals surface area contributed by atoms with Gasteiger partial charge in [0.05, 0.1) is 0 Å². The standard InChI is InChI=1S/C8H9NO17S3/c10-1(5(13)14)2(11)6(15)26-9-4(12)3(27(17,18)19)8(7(9)16,28(20,21)22)29(23,24)25/h1-3,10-11H,(H,13,14)(H,17,18,19)(H,20,21,22)(H,23,24,25). The summed E-state index contributed by atoms with van der Waals surface area (Å²) in [5.74, 6) is -10.3. The maximum atomic E-state index is 12.2. The molecule has 0 aliphatic carbocycles. The van der Waals surface area contributed by atoms with E-state index in [0.29, 0.717) is 0 Å². The molecule has 6 N–H and O–H groups in total. The Hall–Kier alpha value is -2.27. The van der Waals surface area contributed by atoms with Gasteiger partial charge in [0.15, 0.2) is 12.2 Å². The first-order valence-electron chi connectivity index (χ1n) is 6.32. The fourth-order valence-corrected chi connectivity index (χ4v) is 6.78. The molecular formula is C8H9NO17S3. The Bertz CT molecular complexity index is 1050. The number of rotatable bonds is 7. The Morgan fingerprint density at radius 2 is 1.34 bits per heavy atom. The lowest BCUT2D eigenvalue weighted by Crippen LogP contribution is -2.60. The molecular weight excluding hydrogens is 478 g/mol. The van der Waals surface area contributed by atoms with Crippen LogP contribution < -0.4 is 0 Å². The predicted octanol–water partition coefficient (Wildman–Crippen LogP) is -5.65. The van der Waals surface area contributed by atoms with Gasteiger partial charge >= 0.3 is 21.9 Å². The minimum atomic E-state index is -6.64. The van der Waals surface area contributed by atoms with E-state index in [1.807, 2.05) is 0 Å². The van der Waals surface area contributed by atoms with Crippen LogP contribution in [0.3, 0.4) is 0 Å². The number of carboxylic acids is 1. The summed E-state index contributed by atoms with van der Waals surface area (Å²) in [5, 5.41) is 21.3. The summed E-state index contributed by atoms with van der Waals surface area (Å²) in [6.07, 6.45) is -6.05. The number of hydrogen-bond acceptors (Lipinski definition) is 13. The highest BCUT2D eigenvalue weighted by molar-refractivity contribution is 8.08. The van der Waals surface area contributed by atoms with Crippen LogP contribution in [-0.4, -0.2) is 105 Å². The molecule has 1 rings (SSSR count). The van der Waals surface area contributed by atoms with E-state index in [0.717, 1.165) is 0 Å². The van der Waals surface area contributed by atoms with Crippen LogP contribution in [0.5, 0.6) is 0 Å². The lowest BCUT2D eigenvalue weighted by atomic mass is 10.2.